The van der Waals surface area contributed by atoms with Crippen molar-refractivity contribution in [1.29, 1.82) is 0 Å². The summed E-state index contributed by atoms with van der Waals surface area (Å²) in [6.45, 7) is 7.98. The van der Waals surface area contributed by atoms with Gasteiger partial charge in [0, 0.05) is 18.8 Å². The van der Waals surface area contributed by atoms with E-state index in [0.717, 1.165) is 60.8 Å². The average Bonchev–Trinajstić information content (AvgIpc) is 3.23. The second-order valence-corrected chi connectivity index (χ2v) is 7.45. The molecule has 1 aliphatic rings. The van der Waals surface area contributed by atoms with Crippen LogP contribution in [0.2, 0.25) is 0 Å². The molecule has 1 saturated carbocycles. The predicted octanol–water partition coefficient (Wildman–Crippen LogP) is 3.47. The molecule has 0 unspecified atom stereocenters. The maximum atomic E-state index is 10.6. The van der Waals surface area contributed by atoms with Crippen LogP contribution in [0.3, 0.4) is 0 Å². The minimum absolute atomic E-state index is 0. The Bertz CT molecular complexity index is 796. The first kappa shape index (κ1) is 22.7. The van der Waals surface area contributed by atoms with E-state index in [1.165, 1.54) is 0 Å². The molecule has 0 saturated heterocycles. The number of nitrogens with zero attached hydrogens (tertiary/aromatic N) is 3. The van der Waals surface area contributed by atoms with Gasteiger partial charge in [0.05, 0.1) is 23.5 Å². The number of rotatable bonds is 6. The van der Waals surface area contributed by atoms with Crippen LogP contribution < -0.4 is 10.6 Å². The summed E-state index contributed by atoms with van der Waals surface area (Å²) in [5.74, 6) is 0.737. The summed E-state index contributed by atoms with van der Waals surface area (Å²) in [5.41, 5.74) is 3.68. The van der Waals surface area contributed by atoms with Gasteiger partial charge in [0.25, 0.3) is 0 Å². The SMILES string of the molecule is CCNC(=NCc1ccccc1-n1nc(C)cc1C)NCC1(O)CCCC1.I. The molecule has 1 aliphatic carbocycles. The summed E-state index contributed by atoms with van der Waals surface area (Å²) in [5, 5.41) is 21.8. The van der Waals surface area contributed by atoms with Crippen molar-refractivity contribution in [3.05, 3.63) is 47.3 Å². The summed E-state index contributed by atoms with van der Waals surface area (Å²) in [4.78, 5) is 4.74. The molecule has 154 valence electrons. The fourth-order valence-electron chi connectivity index (χ4n) is 3.69. The van der Waals surface area contributed by atoms with E-state index in [4.69, 9.17) is 4.99 Å². The van der Waals surface area contributed by atoms with Crippen molar-refractivity contribution >= 4 is 29.9 Å². The minimum Gasteiger partial charge on any atom is -0.388 e. The fraction of sp³-hybridized carbons (Fsp3) is 0.524. The zero-order valence-electron chi connectivity index (χ0n) is 17.0. The number of aromatic nitrogens is 2. The third-order valence-electron chi connectivity index (χ3n) is 5.10. The molecule has 0 bridgehead atoms. The number of para-hydroxylation sites is 1. The Morgan fingerprint density at radius 3 is 2.57 bits per heavy atom. The standard InChI is InChI=1S/C21H31N5O.HI/c1-4-22-20(24-15-21(27)11-7-8-12-21)23-14-18-9-5-6-10-19(18)26-17(3)13-16(2)25-26;/h5-6,9-10,13,27H,4,7-8,11-12,14-15H2,1-3H3,(H2,22,23,24);1H. The number of guanidine groups is 1. The molecule has 0 aliphatic heterocycles. The summed E-state index contributed by atoms with van der Waals surface area (Å²) in [6, 6.07) is 10.3. The first-order valence-corrected chi connectivity index (χ1v) is 9.87. The van der Waals surface area contributed by atoms with Gasteiger partial charge in [0.2, 0.25) is 0 Å². The molecule has 7 heteroatoms. The average molecular weight is 497 g/mol. The number of nitrogens with one attached hydrogen (secondary N) is 2. The highest BCUT2D eigenvalue weighted by Crippen LogP contribution is 2.28. The van der Waals surface area contributed by atoms with Gasteiger partial charge in [-0.05, 0) is 51.3 Å². The van der Waals surface area contributed by atoms with Crippen molar-refractivity contribution in [2.24, 2.45) is 4.99 Å². The van der Waals surface area contributed by atoms with Gasteiger partial charge in [0.15, 0.2) is 5.96 Å². The number of hydrogen-bond donors (Lipinski definition) is 3. The van der Waals surface area contributed by atoms with Gasteiger partial charge in [-0.3, -0.25) is 0 Å². The molecule has 1 fully saturated rings. The topological polar surface area (TPSA) is 74.5 Å². The quantitative estimate of drug-likeness (QED) is 0.325. The maximum absolute atomic E-state index is 10.6. The van der Waals surface area contributed by atoms with Gasteiger partial charge in [-0.15, -0.1) is 24.0 Å². The zero-order valence-corrected chi connectivity index (χ0v) is 19.4. The lowest BCUT2D eigenvalue weighted by atomic mass is 10.0. The Balaban J connectivity index is 0.00000280. The highest BCUT2D eigenvalue weighted by Gasteiger charge is 2.30. The van der Waals surface area contributed by atoms with Crippen LogP contribution in [0.5, 0.6) is 0 Å². The highest BCUT2D eigenvalue weighted by atomic mass is 127. The number of aryl methyl sites for hydroxylation is 2. The third-order valence-corrected chi connectivity index (χ3v) is 5.10. The summed E-state index contributed by atoms with van der Waals surface area (Å²) < 4.78 is 1.97. The highest BCUT2D eigenvalue weighted by molar-refractivity contribution is 14.0. The number of benzene rings is 1. The lowest BCUT2D eigenvalue weighted by molar-refractivity contribution is 0.0522. The number of aliphatic imine (C=N–C) groups is 1. The first-order chi connectivity index (χ1) is 13.0. The zero-order chi connectivity index (χ0) is 19.3. The van der Waals surface area contributed by atoms with Crippen molar-refractivity contribution in [2.45, 2.75) is 58.6 Å². The van der Waals surface area contributed by atoms with Crippen molar-refractivity contribution in [3.63, 3.8) is 0 Å². The van der Waals surface area contributed by atoms with Gasteiger partial charge in [-0.25, -0.2) is 9.67 Å². The van der Waals surface area contributed by atoms with E-state index < -0.39 is 5.60 Å². The fourth-order valence-corrected chi connectivity index (χ4v) is 3.69. The van der Waals surface area contributed by atoms with Crippen LogP contribution in [0.25, 0.3) is 5.69 Å². The number of aliphatic hydroxyl groups is 1. The van der Waals surface area contributed by atoms with Crippen LogP contribution in [0, 0.1) is 13.8 Å². The van der Waals surface area contributed by atoms with Crippen LogP contribution in [0.1, 0.15) is 49.6 Å². The molecule has 1 aromatic carbocycles. The van der Waals surface area contributed by atoms with E-state index >= 15 is 0 Å². The molecule has 28 heavy (non-hydrogen) atoms. The number of halogens is 1. The lowest BCUT2D eigenvalue weighted by Gasteiger charge is -2.23. The van der Waals surface area contributed by atoms with Gasteiger partial charge >= 0.3 is 0 Å². The largest absolute Gasteiger partial charge is 0.388 e. The molecule has 2 aromatic rings. The van der Waals surface area contributed by atoms with Crippen LogP contribution in [-0.4, -0.2) is 39.5 Å². The van der Waals surface area contributed by atoms with Crippen molar-refractivity contribution in [1.82, 2.24) is 20.4 Å². The third kappa shape index (κ3) is 5.70. The van der Waals surface area contributed by atoms with Crippen molar-refractivity contribution < 1.29 is 5.11 Å². The second kappa shape index (κ2) is 10.2. The molecule has 0 atom stereocenters. The van der Waals surface area contributed by atoms with Gasteiger partial charge in [-0.2, -0.15) is 5.10 Å². The Morgan fingerprint density at radius 1 is 1.21 bits per heavy atom. The van der Waals surface area contributed by atoms with Gasteiger partial charge < -0.3 is 15.7 Å². The van der Waals surface area contributed by atoms with Crippen LogP contribution in [-0.2, 0) is 6.54 Å². The molecular weight excluding hydrogens is 465 g/mol. The molecule has 0 radical (unpaired) electrons. The molecule has 3 N–H and O–H groups in total. The van der Waals surface area contributed by atoms with E-state index in [0.29, 0.717) is 13.1 Å². The predicted molar refractivity (Wildman–Crippen MR) is 125 cm³/mol. The van der Waals surface area contributed by atoms with Gasteiger partial charge in [0.1, 0.15) is 0 Å². The van der Waals surface area contributed by atoms with Crippen LogP contribution >= 0.6 is 24.0 Å². The molecule has 6 nitrogen and oxygen atoms in total. The Kier molecular flexibility index (Phi) is 8.30. The van der Waals surface area contributed by atoms with E-state index in [1.807, 2.05) is 30.7 Å². The summed E-state index contributed by atoms with van der Waals surface area (Å²) in [7, 11) is 0. The minimum atomic E-state index is -0.599. The van der Waals surface area contributed by atoms with Crippen LogP contribution in [0.15, 0.2) is 35.3 Å². The molecule has 1 aromatic heterocycles. The Hall–Kier alpha value is -1.61. The lowest BCUT2D eigenvalue weighted by Crippen LogP contribution is -2.46. The van der Waals surface area contributed by atoms with E-state index in [1.54, 1.807) is 0 Å². The second-order valence-electron chi connectivity index (χ2n) is 7.45. The smallest absolute Gasteiger partial charge is 0.191 e. The van der Waals surface area contributed by atoms with E-state index in [2.05, 4.69) is 40.9 Å². The molecular formula is C21H32IN5O. The molecule has 0 spiro atoms. The maximum Gasteiger partial charge on any atom is 0.191 e. The Labute approximate surface area is 184 Å². The number of hydrogen-bond acceptors (Lipinski definition) is 3. The van der Waals surface area contributed by atoms with Crippen molar-refractivity contribution in [3.8, 4) is 5.69 Å². The summed E-state index contributed by atoms with van der Waals surface area (Å²) in [6.07, 6.45) is 3.92. The Morgan fingerprint density at radius 2 is 1.93 bits per heavy atom. The molecule has 1 heterocycles. The van der Waals surface area contributed by atoms with Crippen molar-refractivity contribution in [2.75, 3.05) is 13.1 Å². The summed E-state index contributed by atoms with van der Waals surface area (Å²) >= 11 is 0. The van der Waals surface area contributed by atoms with E-state index in [-0.39, 0.29) is 24.0 Å². The van der Waals surface area contributed by atoms with Gasteiger partial charge in [-0.1, -0.05) is 31.0 Å². The monoisotopic (exact) mass is 497 g/mol. The van der Waals surface area contributed by atoms with Crippen LogP contribution in [0.4, 0.5) is 0 Å². The normalized spacial score (nSPS) is 15.9. The molecule has 3 rings (SSSR count). The molecule has 0 amide bonds. The van der Waals surface area contributed by atoms with E-state index in [9.17, 15) is 5.11 Å². The first-order valence-electron chi connectivity index (χ1n) is 9.87.